The molecule has 6 aromatic carbocycles. The van der Waals surface area contributed by atoms with Crippen molar-refractivity contribution in [2.45, 2.75) is 76.0 Å². The summed E-state index contributed by atoms with van der Waals surface area (Å²) in [5, 5.41) is 48.7. The van der Waals surface area contributed by atoms with Crippen LogP contribution in [0.2, 0.25) is 0 Å². The Kier molecular flexibility index (Phi) is 15.1. The molecule has 3 aromatic heterocycles. The SMILES string of the molecule is CC(C)NC(c1ccccc1)c1ccc2ccc(CCOCCNC(c3ccccc3)c3ccc4cc(C5CCC(CNC(c6ccccc6)c6ccc7cccnc7c6O)CC5)cnc4c3O)nc2c1O. The molecule has 1 aliphatic carbocycles. The van der Waals surface area contributed by atoms with Crippen LogP contribution in [0.25, 0.3) is 32.7 Å². The van der Waals surface area contributed by atoms with Crippen molar-refractivity contribution in [3.63, 3.8) is 0 Å². The number of aromatic nitrogens is 3. The van der Waals surface area contributed by atoms with E-state index in [2.05, 4.69) is 83.3 Å². The number of hydrogen-bond acceptors (Lipinski definition) is 10. The number of aromatic hydroxyl groups is 3. The highest BCUT2D eigenvalue weighted by Gasteiger charge is 2.27. The Labute approximate surface area is 422 Å². The first-order valence-electron chi connectivity index (χ1n) is 25.5. The van der Waals surface area contributed by atoms with Gasteiger partial charge in [0.25, 0.3) is 0 Å². The zero-order valence-electron chi connectivity index (χ0n) is 41.1. The molecule has 0 radical (unpaired) electrons. The number of fused-ring (bicyclic) bond motifs is 3. The highest BCUT2D eigenvalue weighted by molar-refractivity contribution is 5.88. The van der Waals surface area contributed by atoms with Crippen LogP contribution in [0.15, 0.2) is 170 Å². The van der Waals surface area contributed by atoms with Crippen molar-refractivity contribution in [3.05, 3.63) is 215 Å². The molecular formula is C62H64N6O4. The van der Waals surface area contributed by atoms with Gasteiger partial charge in [0.05, 0.1) is 31.3 Å². The average molecular weight is 957 g/mol. The largest absolute Gasteiger partial charge is 0.505 e. The first kappa shape index (κ1) is 48.4. The molecular weight excluding hydrogens is 893 g/mol. The Morgan fingerprint density at radius 2 is 1.08 bits per heavy atom. The standard InChI is InChI=1S/C62H64N6O4/c1-40(2)67-56(45-17-10-5-11-18-45)53-30-26-47-24-28-50(68-59(47)62(53)71)32-35-72-36-34-64-54(43-13-6-3-7-14-43)51-31-27-48-37-49(39-66-58(48)61(51)70)42-22-20-41(21-23-42)38-65-55(44-15-8-4-9-16-44)52-29-25-46-19-12-33-63-57(46)60(52)69/h3-19,24-31,33,37,39-42,54-56,64-65,67,69-71H,20-23,32,34-36,38H2,1-2H3. The lowest BCUT2D eigenvalue weighted by atomic mass is 9.78. The quantitative estimate of drug-likeness (QED) is 0.0433. The van der Waals surface area contributed by atoms with Crippen LogP contribution in [-0.2, 0) is 11.2 Å². The van der Waals surface area contributed by atoms with Crippen molar-refractivity contribution in [2.75, 3.05) is 26.3 Å². The summed E-state index contributed by atoms with van der Waals surface area (Å²) < 4.78 is 6.16. The van der Waals surface area contributed by atoms with Gasteiger partial charge in [-0.15, -0.1) is 0 Å². The number of nitrogens with one attached hydrogen (secondary N) is 3. The summed E-state index contributed by atoms with van der Waals surface area (Å²) in [4.78, 5) is 14.3. The topological polar surface area (TPSA) is 145 Å². The van der Waals surface area contributed by atoms with Gasteiger partial charge in [0.15, 0.2) is 0 Å². The van der Waals surface area contributed by atoms with E-state index in [4.69, 9.17) is 14.7 Å². The van der Waals surface area contributed by atoms with E-state index >= 15 is 0 Å². The second-order valence-corrected chi connectivity index (χ2v) is 19.6. The van der Waals surface area contributed by atoms with E-state index in [9.17, 15) is 15.3 Å². The van der Waals surface area contributed by atoms with Gasteiger partial charge in [-0.25, -0.2) is 4.98 Å². The minimum absolute atomic E-state index is 0.160. The Morgan fingerprint density at radius 1 is 0.542 bits per heavy atom. The van der Waals surface area contributed by atoms with Gasteiger partial charge in [-0.05, 0) is 98.4 Å². The van der Waals surface area contributed by atoms with E-state index in [1.807, 2.05) is 115 Å². The number of phenols is 3. The molecule has 0 saturated heterocycles. The molecule has 0 aliphatic heterocycles. The Morgan fingerprint density at radius 3 is 1.72 bits per heavy atom. The normalized spacial score (nSPS) is 16.3. The third kappa shape index (κ3) is 10.8. The molecule has 0 amide bonds. The van der Waals surface area contributed by atoms with Crippen molar-refractivity contribution >= 4 is 32.7 Å². The molecule has 10 heteroatoms. The predicted molar refractivity (Wildman–Crippen MR) is 289 cm³/mol. The molecule has 1 saturated carbocycles. The Balaban J connectivity index is 0.757. The second kappa shape index (κ2) is 22.5. The first-order chi connectivity index (χ1) is 35.3. The fraction of sp³-hybridized carbons (Fsp3) is 0.274. The van der Waals surface area contributed by atoms with Crippen molar-refractivity contribution in [3.8, 4) is 17.2 Å². The maximum atomic E-state index is 11.9. The lowest BCUT2D eigenvalue weighted by Gasteiger charge is -2.31. The summed E-state index contributed by atoms with van der Waals surface area (Å²) in [5.74, 6) is 1.49. The predicted octanol–water partition coefficient (Wildman–Crippen LogP) is 12.1. The molecule has 3 heterocycles. The minimum atomic E-state index is -0.280. The third-order valence-electron chi connectivity index (χ3n) is 14.4. The van der Waals surface area contributed by atoms with Crippen molar-refractivity contribution in [1.82, 2.24) is 30.9 Å². The van der Waals surface area contributed by atoms with Crippen LogP contribution in [-0.4, -0.2) is 62.6 Å². The maximum absolute atomic E-state index is 11.9. The molecule has 10 nitrogen and oxygen atoms in total. The molecule has 1 fully saturated rings. The monoisotopic (exact) mass is 956 g/mol. The van der Waals surface area contributed by atoms with Crippen molar-refractivity contribution < 1.29 is 20.1 Å². The van der Waals surface area contributed by atoms with Crippen LogP contribution in [0.1, 0.15) is 108 Å². The van der Waals surface area contributed by atoms with Gasteiger partial charge in [-0.1, -0.05) is 140 Å². The Hall–Kier alpha value is -7.21. The molecule has 3 unspecified atom stereocenters. The molecule has 0 bridgehead atoms. The Bertz CT molecular complexity index is 3240. The van der Waals surface area contributed by atoms with E-state index in [0.29, 0.717) is 54.6 Å². The van der Waals surface area contributed by atoms with Gasteiger partial charge >= 0.3 is 0 Å². The summed E-state index contributed by atoms with van der Waals surface area (Å²) in [6, 6.07) is 52.6. The number of hydrogen-bond donors (Lipinski definition) is 6. The smallest absolute Gasteiger partial charge is 0.146 e. The summed E-state index contributed by atoms with van der Waals surface area (Å²) in [5.41, 5.74) is 9.49. The number of rotatable bonds is 19. The fourth-order valence-electron chi connectivity index (χ4n) is 10.6. The van der Waals surface area contributed by atoms with Gasteiger partial charge in [-0.2, -0.15) is 0 Å². The second-order valence-electron chi connectivity index (χ2n) is 19.6. The summed E-state index contributed by atoms with van der Waals surface area (Å²) >= 11 is 0. The molecule has 0 spiro atoms. The van der Waals surface area contributed by atoms with Crippen LogP contribution < -0.4 is 16.0 Å². The molecule has 72 heavy (non-hydrogen) atoms. The maximum Gasteiger partial charge on any atom is 0.146 e. The number of pyridine rings is 3. The average Bonchev–Trinajstić information content (AvgIpc) is 3.42. The zero-order valence-corrected chi connectivity index (χ0v) is 41.1. The number of nitrogens with zero attached hydrogens (tertiary/aromatic N) is 3. The van der Waals surface area contributed by atoms with Crippen LogP contribution in [0, 0.1) is 5.92 Å². The lowest BCUT2D eigenvalue weighted by molar-refractivity contribution is 0.137. The zero-order chi connectivity index (χ0) is 49.4. The number of ether oxygens (including phenoxy) is 1. The van der Waals surface area contributed by atoms with E-state index in [-0.39, 0.29) is 41.4 Å². The first-order valence-corrected chi connectivity index (χ1v) is 25.5. The van der Waals surface area contributed by atoms with E-state index in [1.165, 1.54) is 5.56 Å². The van der Waals surface area contributed by atoms with E-state index in [1.54, 1.807) is 6.20 Å². The number of benzene rings is 6. The highest BCUT2D eigenvalue weighted by Crippen LogP contribution is 2.41. The molecule has 9 aromatic rings. The summed E-state index contributed by atoms with van der Waals surface area (Å²) in [6.07, 6.45) is 8.57. The highest BCUT2D eigenvalue weighted by atomic mass is 16.5. The van der Waals surface area contributed by atoms with Gasteiger partial charge < -0.3 is 36.0 Å². The minimum Gasteiger partial charge on any atom is -0.505 e. The van der Waals surface area contributed by atoms with E-state index < -0.39 is 0 Å². The van der Waals surface area contributed by atoms with Crippen molar-refractivity contribution in [2.24, 2.45) is 5.92 Å². The van der Waals surface area contributed by atoms with Gasteiger partial charge in [0, 0.05) is 69.9 Å². The van der Waals surface area contributed by atoms with Crippen LogP contribution >= 0.6 is 0 Å². The number of phenolic OH excluding ortho intramolecular Hbond substituents is 3. The molecule has 366 valence electrons. The van der Waals surface area contributed by atoms with Crippen molar-refractivity contribution in [1.29, 1.82) is 0 Å². The molecule has 1 aliphatic rings. The molecule has 10 rings (SSSR count). The van der Waals surface area contributed by atoms with E-state index in [0.717, 1.165) is 87.5 Å². The van der Waals surface area contributed by atoms with Crippen LogP contribution in [0.3, 0.4) is 0 Å². The summed E-state index contributed by atoms with van der Waals surface area (Å²) in [6.45, 7) is 6.53. The fourth-order valence-corrected chi connectivity index (χ4v) is 10.6. The molecule has 6 N–H and O–H groups in total. The van der Waals surface area contributed by atoms with Crippen LogP contribution in [0.4, 0.5) is 0 Å². The lowest BCUT2D eigenvalue weighted by Crippen LogP contribution is -2.30. The van der Waals surface area contributed by atoms with Gasteiger partial charge in [-0.3, -0.25) is 9.97 Å². The van der Waals surface area contributed by atoms with Gasteiger partial charge in [0.2, 0.25) is 0 Å². The van der Waals surface area contributed by atoms with Gasteiger partial charge in [0.1, 0.15) is 33.8 Å². The molecule has 3 atom stereocenters. The summed E-state index contributed by atoms with van der Waals surface area (Å²) in [7, 11) is 0. The van der Waals surface area contributed by atoms with Crippen LogP contribution in [0.5, 0.6) is 17.2 Å². The third-order valence-corrected chi connectivity index (χ3v) is 14.4.